The zero-order valence-electron chi connectivity index (χ0n) is 17.9. The summed E-state index contributed by atoms with van der Waals surface area (Å²) in [6, 6.07) is 9.10. The minimum Gasteiger partial charge on any atom is -0.325 e. The lowest BCUT2D eigenvalue weighted by atomic mass is 10.1. The molecule has 0 radical (unpaired) electrons. The van der Waals surface area contributed by atoms with E-state index in [1.54, 1.807) is 4.57 Å². The molecule has 0 fully saturated rings. The molecule has 168 valence electrons. The number of anilines is 2. The number of thioether (sulfide) groups is 1. The Hall–Kier alpha value is -3.27. The molecular weight excluding hydrogens is 436 g/mol. The average molecular weight is 460 g/mol. The molecule has 3 aromatic rings. The van der Waals surface area contributed by atoms with Crippen LogP contribution in [0.3, 0.4) is 0 Å². The van der Waals surface area contributed by atoms with Crippen LogP contribution in [-0.4, -0.2) is 32.3 Å². The van der Waals surface area contributed by atoms with Gasteiger partial charge in [-0.15, -0.1) is 10.2 Å². The number of para-hydroxylation sites is 1. The predicted octanol–water partition coefficient (Wildman–Crippen LogP) is 4.11. The van der Waals surface area contributed by atoms with E-state index in [0.29, 0.717) is 17.5 Å². The summed E-state index contributed by atoms with van der Waals surface area (Å²) in [4.78, 5) is 24.6. The summed E-state index contributed by atoms with van der Waals surface area (Å²) in [5, 5.41) is 13.7. The maximum atomic E-state index is 13.7. The van der Waals surface area contributed by atoms with Crippen molar-refractivity contribution in [2.75, 3.05) is 16.4 Å². The highest BCUT2D eigenvalue weighted by Crippen LogP contribution is 2.21. The Morgan fingerprint density at radius 1 is 1.03 bits per heavy atom. The second-order valence-electron chi connectivity index (χ2n) is 7.12. The predicted molar refractivity (Wildman–Crippen MR) is 120 cm³/mol. The molecule has 0 bridgehead atoms. The molecule has 0 atom stereocenters. The first-order valence-electron chi connectivity index (χ1n) is 9.94. The van der Waals surface area contributed by atoms with Gasteiger partial charge in [-0.3, -0.25) is 9.59 Å². The third-order valence-electron chi connectivity index (χ3n) is 4.64. The van der Waals surface area contributed by atoms with E-state index in [0.717, 1.165) is 40.7 Å². The summed E-state index contributed by atoms with van der Waals surface area (Å²) in [5.74, 6) is -2.19. The molecule has 10 heteroatoms. The fourth-order valence-corrected chi connectivity index (χ4v) is 3.91. The summed E-state index contributed by atoms with van der Waals surface area (Å²) < 4.78 is 29.1. The summed E-state index contributed by atoms with van der Waals surface area (Å²) >= 11 is 1.07. The van der Waals surface area contributed by atoms with E-state index >= 15 is 0 Å². The first kappa shape index (κ1) is 23.4. The summed E-state index contributed by atoms with van der Waals surface area (Å²) in [7, 11) is 0. The Labute approximate surface area is 188 Å². The number of carbonyl (C=O) groups excluding carboxylic acids is 2. The standard InChI is InChI=1S/C22H23F2N5O2S/c1-4-29-18(11-19(30)25-17-9-8-13(2)10-14(17)3)27-28-22(29)32-12-20(31)26-21-15(23)6-5-7-16(21)24/h5-10H,4,11-12H2,1-3H3,(H,25,30)(H,26,31). The lowest BCUT2D eigenvalue weighted by molar-refractivity contribution is -0.116. The van der Waals surface area contributed by atoms with Crippen molar-refractivity contribution in [2.24, 2.45) is 0 Å². The second-order valence-corrected chi connectivity index (χ2v) is 8.06. The van der Waals surface area contributed by atoms with Gasteiger partial charge in [0.1, 0.15) is 23.1 Å². The van der Waals surface area contributed by atoms with Crippen LogP contribution < -0.4 is 10.6 Å². The van der Waals surface area contributed by atoms with Gasteiger partial charge >= 0.3 is 0 Å². The fourth-order valence-electron chi connectivity index (χ4n) is 3.09. The topological polar surface area (TPSA) is 88.9 Å². The fraction of sp³-hybridized carbons (Fsp3) is 0.273. The number of aromatic nitrogens is 3. The average Bonchev–Trinajstić information content (AvgIpc) is 3.12. The Bertz CT molecular complexity index is 1130. The number of carbonyl (C=O) groups is 2. The largest absolute Gasteiger partial charge is 0.325 e. The molecule has 7 nitrogen and oxygen atoms in total. The van der Waals surface area contributed by atoms with Crippen LogP contribution in [0.4, 0.5) is 20.2 Å². The highest BCUT2D eigenvalue weighted by atomic mass is 32.2. The summed E-state index contributed by atoms with van der Waals surface area (Å²) in [6.07, 6.45) is 0.0152. The van der Waals surface area contributed by atoms with Gasteiger partial charge in [0.25, 0.3) is 0 Å². The normalized spacial score (nSPS) is 10.8. The number of hydrogen-bond acceptors (Lipinski definition) is 5. The van der Waals surface area contributed by atoms with Crippen molar-refractivity contribution in [2.45, 2.75) is 38.9 Å². The van der Waals surface area contributed by atoms with Crippen LogP contribution in [0, 0.1) is 25.5 Å². The SMILES string of the molecule is CCn1c(CC(=O)Nc2ccc(C)cc2C)nnc1SCC(=O)Nc1c(F)cccc1F. The van der Waals surface area contributed by atoms with Crippen LogP contribution >= 0.6 is 11.8 Å². The molecule has 0 saturated heterocycles. The molecule has 2 aromatic carbocycles. The molecule has 0 aliphatic heterocycles. The van der Waals surface area contributed by atoms with Gasteiger partial charge in [-0.1, -0.05) is 35.5 Å². The molecule has 1 heterocycles. The minimum absolute atomic E-state index is 0.0152. The third kappa shape index (κ3) is 5.70. The number of benzene rings is 2. The van der Waals surface area contributed by atoms with E-state index in [2.05, 4.69) is 20.8 Å². The highest BCUT2D eigenvalue weighted by Gasteiger charge is 2.17. The highest BCUT2D eigenvalue weighted by molar-refractivity contribution is 7.99. The van der Waals surface area contributed by atoms with Crippen molar-refractivity contribution in [3.8, 4) is 0 Å². The first-order valence-corrected chi connectivity index (χ1v) is 10.9. The summed E-state index contributed by atoms with van der Waals surface area (Å²) in [5.41, 5.74) is 2.31. The monoisotopic (exact) mass is 459 g/mol. The van der Waals surface area contributed by atoms with Crippen molar-refractivity contribution in [1.29, 1.82) is 0 Å². The van der Waals surface area contributed by atoms with E-state index in [1.165, 1.54) is 6.07 Å². The molecule has 0 saturated carbocycles. The van der Waals surface area contributed by atoms with Crippen LogP contribution in [0.5, 0.6) is 0 Å². The van der Waals surface area contributed by atoms with Crippen LogP contribution in [0.2, 0.25) is 0 Å². The van der Waals surface area contributed by atoms with Crippen molar-refractivity contribution in [1.82, 2.24) is 14.8 Å². The van der Waals surface area contributed by atoms with Gasteiger partial charge in [0.15, 0.2) is 5.16 Å². The Balaban J connectivity index is 1.61. The van der Waals surface area contributed by atoms with Crippen molar-refractivity contribution >= 4 is 35.0 Å². The van der Waals surface area contributed by atoms with Gasteiger partial charge in [-0.05, 0) is 44.5 Å². The molecule has 0 spiro atoms. The Kier molecular flexibility index (Phi) is 7.57. The van der Waals surface area contributed by atoms with Crippen molar-refractivity contribution in [3.05, 3.63) is 65.0 Å². The van der Waals surface area contributed by atoms with E-state index in [-0.39, 0.29) is 18.1 Å². The van der Waals surface area contributed by atoms with Gasteiger partial charge in [-0.25, -0.2) is 8.78 Å². The molecule has 2 amide bonds. The molecule has 0 unspecified atom stereocenters. The zero-order valence-corrected chi connectivity index (χ0v) is 18.7. The minimum atomic E-state index is -0.850. The zero-order chi connectivity index (χ0) is 23.3. The lowest BCUT2D eigenvalue weighted by Crippen LogP contribution is -2.19. The molecule has 3 rings (SSSR count). The number of nitrogens with zero attached hydrogens (tertiary/aromatic N) is 3. The van der Waals surface area contributed by atoms with Gasteiger partial charge in [0.05, 0.1) is 12.2 Å². The van der Waals surface area contributed by atoms with E-state index < -0.39 is 23.2 Å². The smallest absolute Gasteiger partial charge is 0.235 e. The van der Waals surface area contributed by atoms with Crippen LogP contribution in [0.15, 0.2) is 41.6 Å². The second kappa shape index (κ2) is 10.4. The molecule has 0 aliphatic rings. The molecule has 2 N–H and O–H groups in total. The van der Waals surface area contributed by atoms with Crippen molar-refractivity contribution < 1.29 is 18.4 Å². The molecule has 0 aliphatic carbocycles. The van der Waals surface area contributed by atoms with Gasteiger partial charge in [-0.2, -0.15) is 0 Å². The third-order valence-corrected chi connectivity index (χ3v) is 5.61. The maximum absolute atomic E-state index is 13.7. The first-order chi connectivity index (χ1) is 15.3. The molecule has 32 heavy (non-hydrogen) atoms. The Morgan fingerprint density at radius 2 is 1.75 bits per heavy atom. The quantitative estimate of drug-likeness (QED) is 0.495. The number of halogens is 2. The van der Waals surface area contributed by atoms with Gasteiger partial charge in [0.2, 0.25) is 11.8 Å². The molecule has 1 aromatic heterocycles. The number of nitrogens with one attached hydrogen (secondary N) is 2. The van der Waals surface area contributed by atoms with E-state index in [9.17, 15) is 18.4 Å². The number of amides is 2. The summed E-state index contributed by atoms with van der Waals surface area (Å²) in [6.45, 7) is 6.26. The van der Waals surface area contributed by atoms with Crippen LogP contribution in [0.1, 0.15) is 23.9 Å². The van der Waals surface area contributed by atoms with Gasteiger partial charge in [0, 0.05) is 12.2 Å². The van der Waals surface area contributed by atoms with Gasteiger partial charge < -0.3 is 15.2 Å². The van der Waals surface area contributed by atoms with E-state index in [4.69, 9.17) is 0 Å². The number of aryl methyl sites for hydroxylation is 2. The Morgan fingerprint density at radius 3 is 2.41 bits per heavy atom. The van der Waals surface area contributed by atoms with E-state index in [1.807, 2.05) is 39.0 Å². The molecular formula is C22H23F2N5O2S. The maximum Gasteiger partial charge on any atom is 0.235 e. The van der Waals surface area contributed by atoms with Crippen LogP contribution in [-0.2, 0) is 22.6 Å². The number of hydrogen-bond donors (Lipinski definition) is 2. The number of rotatable bonds is 8. The van der Waals surface area contributed by atoms with Crippen molar-refractivity contribution in [3.63, 3.8) is 0 Å². The van der Waals surface area contributed by atoms with Crippen LogP contribution in [0.25, 0.3) is 0 Å². The lowest BCUT2D eigenvalue weighted by Gasteiger charge is -2.10.